The van der Waals surface area contributed by atoms with Gasteiger partial charge in [0.15, 0.2) is 5.16 Å². The fourth-order valence-electron chi connectivity index (χ4n) is 2.67. The normalized spacial score (nSPS) is 16.6. The van der Waals surface area contributed by atoms with Crippen LogP contribution in [-0.4, -0.2) is 21.6 Å². The lowest BCUT2D eigenvalue weighted by molar-refractivity contribution is -0.116. The van der Waals surface area contributed by atoms with E-state index in [1.807, 2.05) is 6.92 Å². The lowest BCUT2D eigenvalue weighted by Crippen LogP contribution is -2.31. The molecular formula is C16H15F2N3O2S. The van der Waals surface area contributed by atoms with Crippen molar-refractivity contribution < 1.29 is 13.6 Å². The number of anilines is 1. The van der Waals surface area contributed by atoms with E-state index in [2.05, 4.69) is 15.3 Å². The molecular weight excluding hydrogens is 336 g/mol. The minimum Gasteiger partial charge on any atom is -0.310 e. The molecule has 126 valence electrons. The van der Waals surface area contributed by atoms with Crippen molar-refractivity contribution in [1.82, 2.24) is 9.97 Å². The molecule has 8 heteroatoms. The summed E-state index contributed by atoms with van der Waals surface area (Å²) in [5, 5.41) is 2.94. The summed E-state index contributed by atoms with van der Waals surface area (Å²) in [5.74, 6) is -1.67. The summed E-state index contributed by atoms with van der Waals surface area (Å²) in [5.41, 5.74) is -0.320. The molecule has 0 radical (unpaired) electrons. The first-order valence-electron chi connectivity index (χ1n) is 7.51. The molecule has 0 saturated heterocycles. The van der Waals surface area contributed by atoms with Crippen LogP contribution in [0.5, 0.6) is 0 Å². The van der Waals surface area contributed by atoms with Crippen LogP contribution in [0.15, 0.2) is 28.2 Å². The first-order chi connectivity index (χ1) is 11.5. The molecule has 0 aliphatic carbocycles. The maximum Gasteiger partial charge on any atom is 0.257 e. The minimum absolute atomic E-state index is 0.0210. The van der Waals surface area contributed by atoms with Crippen molar-refractivity contribution in [3.8, 4) is 0 Å². The number of amides is 1. The predicted octanol–water partition coefficient (Wildman–Crippen LogP) is 3.02. The first kappa shape index (κ1) is 16.6. The van der Waals surface area contributed by atoms with Crippen molar-refractivity contribution >= 4 is 23.5 Å². The van der Waals surface area contributed by atoms with Crippen molar-refractivity contribution in [1.29, 1.82) is 0 Å². The third-order valence-corrected chi connectivity index (χ3v) is 4.78. The van der Waals surface area contributed by atoms with Gasteiger partial charge in [-0.05, 0) is 30.2 Å². The van der Waals surface area contributed by atoms with Gasteiger partial charge in [0.2, 0.25) is 5.91 Å². The fraction of sp³-hybridized carbons (Fsp3) is 0.312. The SMILES string of the molecule is CCCSc1nc2c(c(=O)[nH]1)[C@H](c1cc(F)ccc1F)CC(=O)N2. The molecule has 1 aromatic carbocycles. The Morgan fingerprint density at radius 2 is 2.12 bits per heavy atom. The van der Waals surface area contributed by atoms with Gasteiger partial charge < -0.3 is 10.3 Å². The van der Waals surface area contributed by atoms with E-state index in [9.17, 15) is 18.4 Å². The largest absolute Gasteiger partial charge is 0.310 e. The van der Waals surface area contributed by atoms with Crippen LogP contribution in [0, 0.1) is 11.6 Å². The van der Waals surface area contributed by atoms with E-state index in [0.29, 0.717) is 5.16 Å². The van der Waals surface area contributed by atoms with Crippen LogP contribution in [0.2, 0.25) is 0 Å². The molecule has 0 spiro atoms. The number of carbonyl (C=O) groups is 1. The van der Waals surface area contributed by atoms with E-state index < -0.39 is 23.1 Å². The predicted molar refractivity (Wildman–Crippen MR) is 87.3 cm³/mol. The van der Waals surface area contributed by atoms with Crippen LogP contribution in [0.4, 0.5) is 14.6 Å². The number of nitrogens with one attached hydrogen (secondary N) is 2. The smallest absolute Gasteiger partial charge is 0.257 e. The zero-order chi connectivity index (χ0) is 17.3. The zero-order valence-electron chi connectivity index (χ0n) is 12.9. The Hall–Kier alpha value is -2.22. The second kappa shape index (κ2) is 6.72. The Balaban J connectivity index is 2.11. The summed E-state index contributed by atoms with van der Waals surface area (Å²) in [6, 6.07) is 3.00. The zero-order valence-corrected chi connectivity index (χ0v) is 13.7. The van der Waals surface area contributed by atoms with E-state index >= 15 is 0 Å². The highest BCUT2D eigenvalue weighted by molar-refractivity contribution is 7.99. The number of nitrogens with zero attached hydrogens (tertiary/aromatic N) is 1. The molecule has 1 amide bonds. The number of fused-ring (bicyclic) bond motifs is 1. The molecule has 0 unspecified atom stereocenters. The highest BCUT2D eigenvalue weighted by Gasteiger charge is 2.32. The van der Waals surface area contributed by atoms with Crippen LogP contribution in [0.1, 0.15) is 36.8 Å². The molecule has 0 fully saturated rings. The van der Waals surface area contributed by atoms with Gasteiger partial charge in [0.1, 0.15) is 17.5 Å². The molecule has 0 saturated carbocycles. The summed E-state index contributed by atoms with van der Waals surface area (Å²) in [6.07, 6.45) is 0.758. The Morgan fingerprint density at radius 1 is 1.33 bits per heavy atom. The summed E-state index contributed by atoms with van der Waals surface area (Å²) in [7, 11) is 0. The molecule has 2 N–H and O–H groups in total. The molecule has 1 aliphatic heterocycles. The minimum atomic E-state index is -0.870. The van der Waals surface area contributed by atoms with E-state index in [-0.39, 0.29) is 29.3 Å². The van der Waals surface area contributed by atoms with Crippen molar-refractivity contribution in [2.24, 2.45) is 0 Å². The van der Waals surface area contributed by atoms with Crippen LogP contribution in [-0.2, 0) is 4.79 Å². The second-order valence-corrected chi connectivity index (χ2v) is 6.54. The highest BCUT2D eigenvalue weighted by Crippen LogP contribution is 2.35. The number of aromatic amines is 1. The number of aromatic nitrogens is 2. The van der Waals surface area contributed by atoms with Crippen molar-refractivity contribution in [3.05, 3.63) is 51.3 Å². The number of halogens is 2. The number of hydrogen-bond acceptors (Lipinski definition) is 4. The number of thioether (sulfide) groups is 1. The number of hydrogen-bond donors (Lipinski definition) is 2. The molecule has 2 heterocycles. The molecule has 1 aromatic heterocycles. The molecule has 24 heavy (non-hydrogen) atoms. The van der Waals surface area contributed by atoms with Gasteiger partial charge in [-0.1, -0.05) is 18.7 Å². The van der Waals surface area contributed by atoms with Gasteiger partial charge in [-0.2, -0.15) is 0 Å². The lowest BCUT2D eigenvalue weighted by Gasteiger charge is -2.24. The van der Waals surface area contributed by atoms with Crippen LogP contribution in [0.25, 0.3) is 0 Å². The van der Waals surface area contributed by atoms with Crippen LogP contribution < -0.4 is 10.9 Å². The molecule has 3 rings (SSSR count). The Kier molecular flexibility index (Phi) is 4.66. The van der Waals surface area contributed by atoms with Gasteiger partial charge >= 0.3 is 0 Å². The Labute approximate surface area is 140 Å². The summed E-state index contributed by atoms with van der Waals surface area (Å²) >= 11 is 1.36. The van der Waals surface area contributed by atoms with E-state index in [0.717, 1.165) is 30.4 Å². The second-order valence-electron chi connectivity index (χ2n) is 5.45. The molecule has 2 aromatic rings. The first-order valence-corrected chi connectivity index (χ1v) is 8.50. The topological polar surface area (TPSA) is 74.8 Å². The lowest BCUT2D eigenvalue weighted by atomic mass is 9.86. The number of benzene rings is 1. The maximum atomic E-state index is 14.1. The van der Waals surface area contributed by atoms with Crippen molar-refractivity contribution in [2.75, 3.05) is 11.1 Å². The average Bonchev–Trinajstić information content (AvgIpc) is 2.54. The van der Waals surface area contributed by atoms with Gasteiger partial charge in [0, 0.05) is 18.1 Å². The van der Waals surface area contributed by atoms with E-state index in [4.69, 9.17) is 0 Å². The van der Waals surface area contributed by atoms with E-state index in [1.54, 1.807) is 0 Å². The number of carbonyl (C=O) groups excluding carboxylic acids is 1. The van der Waals surface area contributed by atoms with Gasteiger partial charge in [-0.15, -0.1) is 0 Å². The fourth-order valence-corrected chi connectivity index (χ4v) is 3.38. The molecule has 0 bridgehead atoms. The third kappa shape index (κ3) is 3.19. The average molecular weight is 351 g/mol. The van der Waals surface area contributed by atoms with Crippen LogP contribution in [0.3, 0.4) is 0 Å². The van der Waals surface area contributed by atoms with Crippen molar-refractivity contribution in [2.45, 2.75) is 30.8 Å². The standard InChI is InChI=1S/C16H15F2N3O2S/c1-2-5-24-16-20-14-13(15(23)21-16)10(7-12(22)19-14)9-6-8(17)3-4-11(9)18/h3-4,6,10H,2,5,7H2,1H3,(H2,19,20,21,22,23)/t10-/m0/s1. The van der Waals surface area contributed by atoms with Gasteiger partial charge in [0.25, 0.3) is 5.56 Å². The van der Waals surface area contributed by atoms with E-state index in [1.165, 1.54) is 11.8 Å². The summed E-state index contributed by atoms with van der Waals surface area (Å²) in [6.45, 7) is 1.99. The van der Waals surface area contributed by atoms with Gasteiger partial charge in [0.05, 0.1) is 5.56 Å². The molecule has 1 atom stereocenters. The number of H-pyrrole nitrogens is 1. The Bertz CT molecular complexity index is 854. The molecule has 5 nitrogen and oxygen atoms in total. The monoisotopic (exact) mass is 351 g/mol. The third-order valence-electron chi connectivity index (χ3n) is 3.71. The Morgan fingerprint density at radius 3 is 2.88 bits per heavy atom. The number of rotatable bonds is 4. The van der Waals surface area contributed by atoms with Crippen molar-refractivity contribution in [3.63, 3.8) is 0 Å². The quantitative estimate of drug-likeness (QED) is 0.656. The maximum absolute atomic E-state index is 14.1. The summed E-state index contributed by atoms with van der Waals surface area (Å²) in [4.78, 5) is 31.3. The summed E-state index contributed by atoms with van der Waals surface area (Å²) < 4.78 is 27.6. The molecule has 1 aliphatic rings. The van der Waals surface area contributed by atoms with Crippen LogP contribution >= 0.6 is 11.8 Å². The highest BCUT2D eigenvalue weighted by atomic mass is 32.2. The van der Waals surface area contributed by atoms with Gasteiger partial charge in [-0.3, -0.25) is 9.59 Å². The van der Waals surface area contributed by atoms with Gasteiger partial charge in [-0.25, -0.2) is 13.8 Å².